The number of thioether (sulfide) groups is 1. The SMILES string of the molecule is Cc1ccc(N)cc1NC(=O)C(C)Sc1ncn[nH]1. The number of carbonyl (C=O) groups excluding carboxylic acids is 1. The van der Waals surface area contributed by atoms with Gasteiger partial charge in [0.2, 0.25) is 5.91 Å². The lowest BCUT2D eigenvalue weighted by Gasteiger charge is -2.12. The molecule has 1 unspecified atom stereocenters. The summed E-state index contributed by atoms with van der Waals surface area (Å²) in [4.78, 5) is 16.0. The highest BCUT2D eigenvalue weighted by Crippen LogP contribution is 2.22. The highest BCUT2D eigenvalue weighted by Gasteiger charge is 2.16. The second-order valence-corrected chi connectivity index (χ2v) is 5.44. The zero-order valence-electron chi connectivity index (χ0n) is 10.7. The third-order valence-corrected chi connectivity index (χ3v) is 3.56. The molecule has 0 aliphatic carbocycles. The first kappa shape index (κ1) is 13.4. The van der Waals surface area contributed by atoms with E-state index in [4.69, 9.17) is 5.73 Å². The largest absolute Gasteiger partial charge is 0.399 e. The Morgan fingerprint density at radius 3 is 3.00 bits per heavy atom. The minimum Gasteiger partial charge on any atom is -0.399 e. The molecule has 6 nitrogen and oxygen atoms in total. The summed E-state index contributed by atoms with van der Waals surface area (Å²) in [7, 11) is 0. The number of benzene rings is 1. The first-order valence-corrected chi connectivity index (χ1v) is 6.63. The predicted octanol–water partition coefficient (Wildman–Crippen LogP) is 1.81. The summed E-state index contributed by atoms with van der Waals surface area (Å²) < 4.78 is 0. The van der Waals surface area contributed by atoms with Crippen molar-refractivity contribution >= 4 is 29.0 Å². The van der Waals surface area contributed by atoms with Gasteiger partial charge in [0.15, 0.2) is 5.16 Å². The van der Waals surface area contributed by atoms with Gasteiger partial charge >= 0.3 is 0 Å². The van der Waals surface area contributed by atoms with E-state index in [-0.39, 0.29) is 11.2 Å². The van der Waals surface area contributed by atoms with Crippen molar-refractivity contribution in [1.82, 2.24) is 15.2 Å². The van der Waals surface area contributed by atoms with Crippen LogP contribution in [0.4, 0.5) is 11.4 Å². The Bertz CT molecular complexity index is 570. The molecule has 1 heterocycles. The zero-order chi connectivity index (χ0) is 13.8. The Labute approximate surface area is 115 Å². The lowest BCUT2D eigenvalue weighted by Crippen LogP contribution is -2.23. The van der Waals surface area contributed by atoms with Crippen LogP contribution >= 0.6 is 11.8 Å². The fourth-order valence-electron chi connectivity index (χ4n) is 1.48. The topological polar surface area (TPSA) is 96.7 Å². The third kappa shape index (κ3) is 3.47. The van der Waals surface area contributed by atoms with Gasteiger partial charge in [0.25, 0.3) is 0 Å². The number of anilines is 2. The van der Waals surface area contributed by atoms with Crippen molar-refractivity contribution in [2.24, 2.45) is 0 Å². The molecule has 0 radical (unpaired) electrons. The van der Waals surface area contributed by atoms with Crippen LogP contribution in [0.15, 0.2) is 29.7 Å². The standard InChI is InChI=1S/C12H15N5OS/c1-7-3-4-9(13)5-10(7)16-11(18)8(2)19-12-14-6-15-17-12/h3-6,8H,13H2,1-2H3,(H,16,18)(H,14,15,17). The highest BCUT2D eigenvalue weighted by molar-refractivity contribution is 8.00. The smallest absolute Gasteiger partial charge is 0.237 e. The van der Waals surface area contributed by atoms with Crippen molar-refractivity contribution in [3.05, 3.63) is 30.1 Å². The van der Waals surface area contributed by atoms with Crippen LogP contribution < -0.4 is 11.1 Å². The van der Waals surface area contributed by atoms with Crippen molar-refractivity contribution in [3.8, 4) is 0 Å². The van der Waals surface area contributed by atoms with Gasteiger partial charge in [-0.3, -0.25) is 9.89 Å². The van der Waals surface area contributed by atoms with Crippen LogP contribution in [-0.4, -0.2) is 26.3 Å². The lowest BCUT2D eigenvalue weighted by molar-refractivity contribution is -0.115. The van der Waals surface area contributed by atoms with E-state index in [0.717, 1.165) is 11.3 Å². The first-order chi connectivity index (χ1) is 9.06. The molecule has 1 atom stereocenters. The number of nitrogens with one attached hydrogen (secondary N) is 2. The molecule has 2 rings (SSSR count). The molecule has 19 heavy (non-hydrogen) atoms. The molecule has 7 heteroatoms. The molecule has 4 N–H and O–H groups in total. The fraction of sp³-hybridized carbons (Fsp3) is 0.250. The van der Waals surface area contributed by atoms with Crippen molar-refractivity contribution in [2.75, 3.05) is 11.1 Å². The molecule has 0 aliphatic rings. The van der Waals surface area contributed by atoms with E-state index in [1.807, 2.05) is 19.9 Å². The Morgan fingerprint density at radius 1 is 1.53 bits per heavy atom. The van der Waals surface area contributed by atoms with E-state index < -0.39 is 0 Å². The Hall–Kier alpha value is -2.02. The number of carbonyl (C=O) groups is 1. The molecule has 0 saturated carbocycles. The highest BCUT2D eigenvalue weighted by atomic mass is 32.2. The number of nitrogen functional groups attached to an aromatic ring is 1. The van der Waals surface area contributed by atoms with Crippen LogP contribution in [0.5, 0.6) is 0 Å². The first-order valence-electron chi connectivity index (χ1n) is 5.75. The average molecular weight is 277 g/mol. The zero-order valence-corrected chi connectivity index (χ0v) is 11.5. The number of aryl methyl sites for hydroxylation is 1. The molecule has 1 aromatic heterocycles. The summed E-state index contributed by atoms with van der Waals surface area (Å²) >= 11 is 1.32. The molecule has 0 fully saturated rings. The quantitative estimate of drug-likeness (QED) is 0.585. The number of aromatic nitrogens is 3. The van der Waals surface area contributed by atoms with E-state index in [1.54, 1.807) is 12.1 Å². The van der Waals surface area contributed by atoms with Gasteiger partial charge in [-0.05, 0) is 31.5 Å². The maximum Gasteiger partial charge on any atom is 0.237 e. The van der Waals surface area contributed by atoms with Crippen LogP contribution in [0, 0.1) is 6.92 Å². The normalized spacial score (nSPS) is 12.1. The van der Waals surface area contributed by atoms with Gasteiger partial charge in [0, 0.05) is 11.4 Å². The molecule has 1 amide bonds. The van der Waals surface area contributed by atoms with Crippen molar-refractivity contribution < 1.29 is 4.79 Å². The summed E-state index contributed by atoms with van der Waals surface area (Å²) in [6, 6.07) is 5.43. The molecule has 100 valence electrons. The Balaban J connectivity index is 2.02. The van der Waals surface area contributed by atoms with Gasteiger partial charge in [-0.15, -0.1) is 0 Å². The number of nitrogens with two attached hydrogens (primary N) is 1. The maximum atomic E-state index is 12.1. The van der Waals surface area contributed by atoms with Gasteiger partial charge in [0.1, 0.15) is 6.33 Å². The molecule has 0 spiro atoms. The molecular formula is C12H15N5OS. The number of hydrogen-bond donors (Lipinski definition) is 3. The second kappa shape index (κ2) is 5.75. The second-order valence-electron chi connectivity index (χ2n) is 4.11. The molecule has 1 aromatic carbocycles. The van der Waals surface area contributed by atoms with E-state index in [9.17, 15) is 4.79 Å². The fourth-order valence-corrected chi connectivity index (χ4v) is 2.19. The van der Waals surface area contributed by atoms with E-state index in [1.165, 1.54) is 18.1 Å². The monoisotopic (exact) mass is 277 g/mol. The molecular weight excluding hydrogens is 262 g/mol. The van der Waals surface area contributed by atoms with Crippen LogP contribution in [0.3, 0.4) is 0 Å². The number of rotatable bonds is 4. The number of amides is 1. The minimum absolute atomic E-state index is 0.102. The van der Waals surface area contributed by atoms with E-state index >= 15 is 0 Å². The average Bonchev–Trinajstić information content (AvgIpc) is 2.86. The van der Waals surface area contributed by atoms with Crippen molar-refractivity contribution in [2.45, 2.75) is 24.3 Å². The summed E-state index contributed by atoms with van der Waals surface area (Å²) in [5, 5.41) is 9.64. The minimum atomic E-state index is -0.284. The van der Waals surface area contributed by atoms with Gasteiger partial charge < -0.3 is 11.1 Å². The van der Waals surface area contributed by atoms with Gasteiger partial charge in [-0.2, -0.15) is 5.10 Å². The molecule has 2 aromatic rings. The van der Waals surface area contributed by atoms with Crippen molar-refractivity contribution in [3.63, 3.8) is 0 Å². The van der Waals surface area contributed by atoms with E-state index in [0.29, 0.717) is 10.8 Å². The predicted molar refractivity (Wildman–Crippen MR) is 75.9 cm³/mol. The number of hydrogen-bond acceptors (Lipinski definition) is 5. The molecule has 0 bridgehead atoms. The van der Waals surface area contributed by atoms with Crippen LogP contribution in [-0.2, 0) is 4.79 Å². The summed E-state index contributed by atoms with van der Waals surface area (Å²) in [5.74, 6) is -0.102. The molecule has 0 aliphatic heterocycles. The third-order valence-electron chi connectivity index (χ3n) is 2.57. The summed E-state index contributed by atoms with van der Waals surface area (Å²) in [6.07, 6.45) is 1.41. The Kier molecular flexibility index (Phi) is 4.06. The van der Waals surface area contributed by atoms with Gasteiger partial charge in [-0.1, -0.05) is 17.8 Å². The van der Waals surface area contributed by atoms with Crippen molar-refractivity contribution in [1.29, 1.82) is 0 Å². The molecule has 0 saturated heterocycles. The van der Waals surface area contributed by atoms with Gasteiger partial charge in [0.05, 0.1) is 5.25 Å². The van der Waals surface area contributed by atoms with E-state index in [2.05, 4.69) is 20.5 Å². The van der Waals surface area contributed by atoms with Crippen LogP contribution in [0.1, 0.15) is 12.5 Å². The van der Waals surface area contributed by atoms with Gasteiger partial charge in [-0.25, -0.2) is 4.98 Å². The number of H-pyrrole nitrogens is 1. The maximum absolute atomic E-state index is 12.1. The summed E-state index contributed by atoms with van der Waals surface area (Å²) in [5.41, 5.74) is 8.03. The number of aromatic amines is 1. The lowest BCUT2D eigenvalue weighted by atomic mass is 10.2. The number of nitrogens with zero attached hydrogens (tertiary/aromatic N) is 2. The van der Waals surface area contributed by atoms with Crippen LogP contribution in [0.25, 0.3) is 0 Å². The van der Waals surface area contributed by atoms with Crippen LogP contribution in [0.2, 0.25) is 0 Å². The Morgan fingerprint density at radius 2 is 2.32 bits per heavy atom. The summed E-state index contributed by atoms with van der Waals surface area (Å²) in [6.45, 7) is 3.73.